The number of aromatic amines is 2. The van der Waals surface area contributed by atoms with Gasteiger partial charge in [-0.25, -0.2) is 9.97 Å². The van der Waals surface area contributed by atoms with Gasteiger partial charge in [-0.3, -0.25) is 20.1 Å². The van der Waals surface area contributed by atoms with Crippen LogP contribution in [0, 0.1) is 0 Å². The fourth-order valence-electron chi connectivity index (χ4n) is 4.71. The van der Waals surface area contributed by atoms with Crippen molar-refractivity contribution in [2.45, 2.75) is 13.1 Å². The van der Waals surface area contributed by atoms with Gasteiger partial charge in [-0.15, -0.1) is 0 Å². The van der Waals surface area contributed by atoms with Gasteiger partial charge >= 0.3 is 0 Å². The van der Waals surface area contributed by atoms with E-state index in [1.165, 1.54) is 5.56 Å². The number of H-pyrrole nitrogens is 2. The zero-order valence-corrected chi connectivity index (χ0v) is 20.8. The van der Waals surface area contributed by atoms with Gasteiger partial charge in [0.25, 0.3) is 0 Å². The maximum absolute atomic E-state index is 4.90. The van der Waals surface area contributed by atoms with E-state index in [4.69, 9.17) is 4.98 Å². The first kappa shape index (κ1) is 22.9. The van der Waals surface area contributed by atoms with Gasteiger partial charge in [0.15, 0.2) is 11.5 Å². The van der Waals surface area contributed by atoms with Crippen LogP contribution in [0.3, 0.4) is 0 Å². The van der Waals surface area contributed by atoms with Crippen LogP contribution in [0.1, 0.15) is 11.1 Å². The van der Waals surface area contributed by atoms with Gasteiger partial charge in [0, 0.05) is 72.5 Å². The SMILES string of the molecule is c1ccc(CNCc2cncc(-c3cnc4[nH]nc(-c5nc6c(-c7cccnc7)cncc6[nH]5)c4c3)c2)cc1. The molecule has 9 nitrogen and oxygen atoms in total. The summed E-state index contributed by atoms with van der Waals surface area (Å²) >= 11 is 0. The smallest absolute Gasteiger partial charge is 0.159 e. The van der Waals surface area contributed by atoms with E-state index in [0.29, 0.717) is 23.7 Å². The predicted molar refractivity (Wildman–Crippen MR) is 150 cm³/mol. The third kappa shape index (κ3) is 4.51. The molecule has 0 spiro atoms. The van der Waals surface area contributed by atoms with Crippen molar-refractivity contribution in [3.63, 3.8) is 0 Å². The summed E-state index contributed by atoms with van der Waals surface area (Å²) in [5.74, 6) is 0.644. The normalized spacial score (nSPS) is 11.4. The summed E-state index contributed by atoms with van der Waals surface area (Å²) in [7, 11) is 0. The summed E-state index contributed by atoms with van der Waals surface area (Å²) < 4.78 is 0. The summed E-state index contributed by atoms with van der Waals surface area (Å²) in [4.78, 5) is 26.0. The van der Waals surface area contributed by atoms with Crippen molar-refractivity contribution in [3.05, 3.63) is 109 Å². The Kier molecular flexibility index (Phi) is 5.80. The number of rotatable bonds is 7. The summed E-state index contributed by atoms with van der Waals surface area (Å²) in [5.41, 5.74) is 9.18. The van der Waals surface area contributed by atoms with Crippen molar-refractivity contribution >= 4 is 22.1 Å². The van der Waals surface area contributed by atoms with Crippen LogP contribution >= 0.6 is 0 Å². The highest BCUT2D eigenvalue weighted by atomic mass is 15.2. The molecule has 0 aliphatic carbocycles. The highest BCUT2D eigenvalue weighted by molar-refractivity contribution is 5.96. The first-order chi connectivity index (χ1) is 19.3. The van der Waals surface area contributed by atoms with Crippen LogP contribution in [-0.4, -0.2) is 40.1 Å². The van der Waals surface area contributed by atoms with Crippen molar-refractivity contribution < 1.29 is 0 Å². The first-order valence-electron chi connectivity index (χ1n) is 12.6. The zero-order valence-electron chi connectivity index (χ0n) is 20.8. The minimum absolute atomic E-state index is 0.644. The van der Waals surface area contributed by atoms with Crippen molar-refractivity contribution in [2.75, 3.05) is 0 Å². The molecule has 7 aromatic rings. The van der Waals surface area contributed by atoms with Gasteiger partial charge in [-0.2, -0.15) is 5.10 Å². The Bertz CT molecular complexity index is 1890. The van der Waals surface area contributed by atoms with Crippen molar-refractivity contribution in [3.8, 4) is 33.8 Å². The fourth-order valence-corrected chi connectivity index (χ4v) is 4.71. The Labute approximate surface area is 223 Å². The quantitative estimate of drug-likeness (QED) is 0.266. The molecule has 1 aromatic carbocycles. The number of benzene rings is 1. The van der Waals surface area contributed by atoms with E-state index < -0.39 is 0 Å². The van der Waals surface area contributed by atoms with E-state index >= 15 is 0 Å². The highest BCUT2D eigenvalue weighted by Gasteiger charge is 2.17. The van der Waals surface area contributed by atoms with Crippen molar-refractivity contribution in [2.24, 2.45) is 0 Å². The summed E-state index contributed by atoms with van der Waals surface area (Å²) in [6, 6.07) is 18.5. The highest BCUT2D eigenvalue weighted by Crippen LogP contribution is 2.31. The van der Waals surface area contributed by atoms with Crippen LogP contribution in [-0.2, 0) is 13.1 Å². The second-order valence-corrected chi connectivity index (χ2v) is 9.27. The van der Waals surface area contributed by atoms with Crippen LogP contribution < -0.4 is 5.32 Å². The molecule has 6 heterocycles. The number of imidazole rings is 1. The molecular weight excluding hydrogens is 486 g/mol. The molecule has 0 fully saturated rings. The number of pyridine rings is 4. The van der Waals surface area contributed by atoms with Crippen molar-refractivity contribution in [1.82, 2.24) is 45.4 Å². The van der Waals surface area contributed by atoms with E-state index in [-0.39, 0.29) is 0 Å². The maximum atomic E-state index is 4.90. The van der Waals surface area contributed by atoms with E-state index in [1.54, 1.807) is 18.6 Å². The average Bonchev–Trinajstić information content (AvgIpc) is 3.62. The van der Waals surface area contributed by atoms with E-state index in [9.17, 15) is 0 Å². The molecule has 188 valence electrons. The number of nitrogens with zero attached hydrogens (tertiary/aromatic N) is 6. The van der Waals surface area contributed by atoms with E-state index in [0.717, 1.165) is 50.8 Å². The Morgan fingerprint density at radius 2 is 1.56 bits per heavy atom. The molecule has 6 aromatic heterocycles. The maximum Gasteiger partial charge on any atom is 0.159 e. The van der Waals surface area contributed by atoms with Gasteiger partial charge < -0.3 is 10.3 Å². The molecule has 0 radical (unpaired) electrons. The molecule has 0 saturated heterocycles. The molecular formula is C30H23N9. The monoisotopic (exact) mass is 509 g/mol. The zero-order chi connectivity index (χ0) is 26.0. The molecule has 9 heteroatoms. The van der Waals surface area contributed by atoms with E-state index in [1.807, 2.05) is 55.1 Å². The Morgan fingerprint density at radius 3 is 2.46 bits per heavy atom. The molecule has 0 bridgehead atoms. The first-order valence-corrected chi connectivity index (χ1v) is 12.6. The molecule has 0 aliphatic heterocycles. The summed E-state index contributed by atoms with van der Waals surface area (Å²) in [6.45, 7) is 1.52. The van der Waals surface area contributed by atoms with Gasteiger partial charge in [0.2, 0.25) is 0 Å². The van der Waals surface area contributed by atoms with Gasteiger partial charge in [-0.1, -0.05) is 36.4 Å². The average molecular weight is 510 g/mol. The molecule has 0 aliphatic rings. The molecule has 0 atom stereocenters. The third-order valence-electron chi connectivity index (χ3n) is 6.64. The minimum Gasteiger partial charge on any atom is -0.335 e. The topological polar surface area (TPSA) is 121 Å². The van der Waals surface area contributed by atoms with Crippen LogP contribution in [0.5, 0.6) is 0 Å². The molecule has 0 saturated carbocycles. The van der Waals surface area contributed by atoms with Crippen LogP contribution in [0.15, 0.2) is 98.0 Å². The van der Waals surface area contributed by atoms with Gasteiger partial charge in [0.05, 0.1) is 17.1 Å². The number of nitrogens with one attached hydrogen (secondary N) is 3. The van der Waals surface area contributed by atoms with Gasteiger partial charge in [0.1, 0.15) is 11.2 Å². The molecule has 7 rings (SSSR count). The molecule has 39 heavy (non-hydrogen) atoms. The standard InChI is InChI=1S/C30H23N9/c1-2-5-19(6-3-1)11-32-12-20-9-22(15-33-13-20)23-10-24-28(38-39-29(24)35-16-23)30-36-26-18-34-17-25(27(26)37-30)21-7-4-8-31-14-21/h1-10,13-18,32H,11-12H2,(H,36,37)(H,35,38,39). The third-order valence-corrected chi connectivity index (χ3v) is 6.64. The molecule has 0 amide bonds. The number of hydrogen-bond donors (Lipinski definition) is 3. The second-order valence-electron chi connectivity index (χ2n) is 9.27. The lowest BCUT2D eigenvalue weighted by molar-refractivity contribution is 0.691. The summed E-state index contributed by atoms with van der Waals surface area (Å²) in [6.07, 6.45) is 12.7. The lowest BCUT2D eigenvalue weighted by Crippen LogP contribution is -2.12. The Balaban J connectivity index is 1.20. The molecule has 0 unspecified atom stereocenters. The largest absolute Gasteiger partial charge is 0.335 e. The van der Waals surface area contributed by atoms with Crippen LogP contribution in [0.2, 0.25) is 0 Å². The fraction of sp³-hybridized carbons (Fsp3) is 0.0667. The van der Waals surface area contributed by atoms with E-state index in [2.05, 4.69) is 64.7 Å². The minimum atomic E-state index is 0.644. The van der Waals surface area contributed by atoms with Crippen LogP contribution in [0.4, 0.5) is 0 Å². The van der Waals surface area contributed by atoms with Crippen molar-refractivity contribution in [1.29, 1.82) is 0 Å². The predicted octanol–water partition coefficient (Wildman–Crippen LogP) is 5.31. The number of fused-ring (bicyclic) bond motifs is 2. The number of aromatic nitrogens is 8. The Morgan fingerprint density at radius 1 is 0.718 bits per heavy atom. The Hall–Kier alpha value is -5.28. The lowest BCUT2D eigenvalue weighted by atomic mass is 10.1. The van der Waals surface area contributed by atoms with Crippen LogP contribution in [0.25, 0.3) is 55.8 Å². The van der Waals surface area contributed by atoms with Gasteiger partial charge in [-0.05, 0) is 29.3 Å². The molecule has 3 N–H and O–H groups in total. The summed E-state index contributed by atoms with van der Waals surface area (Å²) in [5, 5.41) is 11.9. The second kappa shape index (κ2) is 9.88. The lowest BCUT2D eigenvalue weighted by Gasteiger charge is -2.07. The number of hydrogen-bond acceptors (Lipinski definition) is 7.